The van der Waals surface area contributed by atoms with Gasteiger partial charge in [-0.2, -0.15) is 0 Å². The molecule has 0 spiro atoms. The lowest BCUT2D eigenvalue weighted by Crippen LogP contribution is -2.16. The highest BCUT2D eigenvalue weighted by Gasteiger charge is 2.11. The van der Waals surface area contributed by atoms with Crippen molar-refractivity contribution >= 4 is 11.6 Å². The van der Waals surface area contributed by atoms with E-state index in [0.717, 1.165) is 18.5 Å². The van der Waals surface area contributed by atoms with Crippen LogP contribution in [0.4, 0.5) is 8.78 Å². The van der Waals surface area contributed by atoms with E-state index in [9.17, 15) is 8.78 Å². The van der Waals surface area contributed by atoms with Gasteiger partial charge < -0.3 is 10.1 Å². The van der Waals surface area contributed by atoms with Gasteiger partial charge in [0.25, 0.3) is 6.43 Å². The van der Waals surface area contributed by atoms with Crippen LogP contribution < -0.4 is 10.1 Å². The maximum absolute atomic E-state index is 12.1. The molecule has 0 bridgehead atoms. The summed E-state index contributed by atoms with van der Waals surface area (Å²) in [6.45, 7) is 2.84. The third-order valence-electron chi connectivity index (χ3n) is 2.14. The van der Waals surface area contributed by atoms with Gasteiger partial charge in [0.05, 0.1) is 5.02 Å². The quantitative estimate of drug-likeness (QED) is 0.761. The Labute approximate surface area is 105 Å². The van der Waals surface area contributed by atoms with Crippen LogP contribution in [0.5, 0.6) is 5.75 Å². The van der Waals surface area contributed by atoms with Gasteiger partial charge in [-0.1, -0.05) is 30.7 Å². The largest absolute Gasteiger partial charge is 0.486 e. The summed E-state index contributed by atoms with van der Waals surface area (Å²) in [5.74, 6) is 0.345. The predicted molar refractivity (Wildman–Crippen MR) is 64.9 cm³/mol. The van der Waals surface area contributed by atoms with Crippen LogP contribution in [-0.4, -0.2) is 19.6 Å². The molecule has 0 saturated carbocycles. The highest BCUT2D eigenvalue weighted by atomic mass is 35.5. The lowest BCUT2D eigenvalue weighted by atomic mass is 10.2. The van der Waals surface area contributed by atoms with Gasteiger partial charge in [0.2, 0.25) is 0 Å². The van der Waals surface area contributed by atoms with E-state index in [0.29, 0.717) is 17.3 Å². The van der Waals surface area contributed by atoms with Gasteiger partial charge in [0.15, 0.2) is 0 Å². The number of halogens is 3. The molecule has 0 unspecified atom stereocenters. The van der Waals surface area contributed by atoms with E-state index in [1.807, 2.05) is 6.07 Å². The first-order valence-electron chi connectivity index (χ1n) is 5.54. The SMILES string of the molecule is CCCNCc1cccc(Cl)c1OCC(F)F. The molecule has 0 saturated heterocycles. The molecule has 17 heavy (non-hydrogen) atoms. The Bertz CT molecular complexity index is 347. The Kier molecular flexibility index (Phi) is 6.22. The van der Waals surface area contributed by atoms with Crippen LogP contribution in [0.1, 0.15) is 18.9 Å². The van der Waals surface area contributed by atoms with Crippen molar-refractivity contribution in [2.24, 2.45) is 0 Å². The fraction of sp³-hybridized carbons (Fsp3) is 0.500. The Morgan fingerprint density at radius 1 is 1.41 bits per heavy atom. The molecular weight excluding hydrogens is 248 g/mol. The summed E-state index contributed by atoms with van der Waals surface area (Å²) in [5, 5.41) is 3.54. The van der Waals surface area contributed by atoms with E-state index in [1.54, 1.807) is 12.1 Å². The normalized spacial score (nSPS) is 10.9. The zero-order valence-corrected chi connectivity index (χ0v) is 10.4. The van der Waals surface area contributed by atoms with Crippen molar-refractivity contribution in [2.45, 2.75) is 26.3 Å². The first-order chi connectivity index (χ1) is 8.15. The third-order valence-corrected chi connectivity index (χ3v) is 2.44. The highest BCUT2D eigenvalue weighted by molar-refractivity contribution is 6.32. The van der Waals surface area contributed by atoms with E-state index in [4.69, 9.17) is 16.3 Å². The summed E-state index contributed by atoms with van der Waals surface area (Å²) in [4.78, 5) is 0. The van der Waals surface area contributed by atoms with Crippen molar-refractivity contribution in [3.63, 3.8) is 0 Å². The van der Waals surface area contributed by atoms with Crippen molar-refractivity contribution in [3.05, 3.63) is 28.8 Å². The van der Waals surface area contributed by atoms with Crippen LogP contribution in [0.3, 0.4) is 0 Å². The molecule has 1 N–H and O–H groups in total. The summed E-state index contributed by atoms with van der Waals surface area (Å²) in [6, 6.07) is 5.22. The molecule has 1 rings (SSSR count). The van der Waals surface area contributed by atoms with Gasteiger partial charge >= 0.3 is 0 Å². The van der Waals surface area contributed by atoms with E-state index in [2.05, 4.69) is 12.2 Å². The molecule has 0 amide bonds. The molecule has 2 nitrogen and oxygen atoms in total. The van der Waals surface area contributed by atoms with Crippen molar-refractivity contribution in [2.75, 3.05) is 13.2 Å². The fourth-order valence-corrected chi connectivity index (χ4v) is 1.65. The number of alkyl halides is 2. The van der Waals surface area contributed by atoms with Crippen molar-refractivity contribution < 1.29 is 13.5 Å². The summed E-state index contributed by atoms with van der Waals surface area (Å²) in [7, 11) is 0. The molecule has 0 aliphatic heterocycles. The van der Waals surface area contributed by atoms with Gasteiger partial charge in [-0.05, 0) is 19.0 Å². The van der Waals surface area contributed by atoms with Crippen LogP contribution in [0.25, 0.3) is 0 Å². The molecule has 0 atom stereocenters. The van der Waals surface area contributed by atoms with Gasteiger partial charge in [0.1, 0.15) is 12.4 Å². The van der Waals surface area contributed by atoms with Gasteiger partial charge in [-0.25, -0.2) is 8.78 Å². The second kappa shape index (κ2) is 7.45. The minimum absolute atomic E-state index is 0.345. The second-order valence-electron chi connectivity index (χ2n) is 3.61. The molecule has 0 aliphatic rings. The fourth-order valence-electron chi connectivity index (χ4n) is 1.40. The summed E-state index contributed by atoms with van der Waals surface area (Å²) in [5.41, 5.74) is 0.798. The van der Waals surface area contributed by atoms with E-state index in [1.165, 1.54) is 0 Å². The number of para-hydroxylation sites is 1. The summed E-state index contributed by atoms with van der Waals surface area (Å²) < 4.78 is 29.3. The Morgan fingerprint density at radius 2 is 2.18 bits per heavy atom. The highest BCUT2D eigenvalue weighted by Crippen LogP contribution is 2.28. The van der Waals surface area contributed by atoms with Crippen LogP contribution in [0, 0.1) is 0 Å². The average Bonchev–Trinajstić information content (AvgIpc) is 2.28. The molecule has 1 aromatic carbocycles. The number of hydrogen-bond donors (Lipinski definition) is 1. The van der Waals surface area contributed by atoms with Crippen molar-refractivity contribution in [3.8, 4) is 5.75 Å². The van der Waals surface area contributed by atoms with Crippen LogP contribution in [0.15, 0.2) is 18.2 Å². The molecule has 5 heteroatoms. The number of rotatable bonds is 7. The first-order valence-corrected chi connectivity index (χ1v) is 5.92. The predicted octanol–water partition coefficient (Wildman–Crippen LogP) is 3.48. The number of nitrogens with one attached hydrogen (secondary N) is 1. The number of hydrogen-bond acceptors (Lipinski definition) is 2. The monoisotopic (exact) mass is 263 g/mol. The number of ether oxygens (including phenoxy) is 1. The zero-order valence-electron chi connectivity index (χ0n) is 9.68. The molecule has 0 aromatic heterocycles. The lowest BCUT2D eigenvalue weighted by Gasteiger charge is -2.13. The Hall–Kier alpha value is -0.870. The maximum Gasteiger partial charge on any atom is 0.272 e. The molecule has 96 valence electrons. The molecule has 0 aliphatic carbocycles. The molecule has 0 heterocycles. The molecule has 0 radical (unpaired) electrons. The van der Waals surface area contributed by atoms with E-state index >= 15 is 0 Å². The summed E-state index contributed by atoms with van der Waals surface area (Å²) in [6.07, 6.45) is -1.49. The van der Waals surface area contributed by atoms with Crippen LogP contribution >= 0.6 is 11.6 Å². The lowest BCUT2D eigenvalue weighted by molar-refractivity contribution is 0.0814. The number of benzene rings is 1. The minimum Gasteiger partial charge on any atom is -0.486 e. The van der Waals surface area contributed by atoms with Crippen LogP contribution in [0.2, 0.25) is 5.02 Å². The summed E-state index contributed by atoms with van der Waals surface area (Å²) >= 11 is 5.93. The van der Waals surface area contributed by atoms with Crippen molar-refractivity contribution in [1.82, 2.24) is 5.32 Å². The van der Waals surface area contributed by atoms with E-state index < -0.39 is 13.0 Å². The average molecular weight is 264 g/mol. The molecular formula is C12H16ClF2NO. The topological polar surface area (TPSA) is 21.3 Å². The minimum atomic E-state index is -2.50. The molecule has 1 aromatic rings. The van der Waals surface area contributed by atoms with Crippen molar-refractivity contribution in [1.29, 1.82) is 0 Å². The van der Waals surface area contributed by atoms with E-state index in [-0.39, 0.29) is 0 Å². The smallest absolute Gasteiger partial charge is 0.272 e. The van der Waals surface area contributed by atoms with Gasteiger partial charge in [-0.3, -0.25) is 0 Å². The second-order valence-corrected chi connectivity index (χ2v) is 4.01. The van der Waals surface area contributed by atoms with Gasteiger partial charge in [0, 0.05) is 12.1 Å². The Balaban J connectivity index is 2.69. The standard InChI is InChI=1S/C12H16ClF2NO/c1-2-6-16-7-9-4-3-5-10(13)12(9)17-8-11(14)15/h3-5,11,16H,2,6-8H2,1H3. The molecule has 0 fully saturated rings. The maximum atomic E-state index is 12.1. The first kappa shape index (κ1) is 14.2. The Morgan fingerprint density at radius 3 is 2.82 bits per heavy atom. The van der Waals surface area contributed by atoms with Crippen LogP contribution in [-0.2, 0) is 6.54 Å². The third kappa shape index (κ3) is 4.88. The van der Waals surface area contributed by atoms with Gasteiger partial charge in [-0.15, -0.1) is 0 Å². The zero-order chi connectivity index (χ0) is 12.7.